The van der Waals surface area contributed by atoms with Crippen LogP contribution in [0.3, 0.4) is 0 Å². The number of nitrogens with one attached hydrogen (secondary N) is 1. The smallest absolute Gasteiger partial charge is 0.335 e. The first-order chi connectivity index (χ1) is 12.5. The van der Waals surface area contributed by atoms with E-state index in [1.807, 2.05) is 6.92 Å². The van der Waals surface area contributed by atoms with E-state index in [4.69, 9.17) is 5.11 Å². The lowest BCUT2D eigenvalue weighted by atomic mass is 9.85. The van der Waals surface area contributed by atoms with Crippen molar-refractivity contribution in [3.05, 3.63) is 65.1 Å². The molecular weight excluding hydrogens is 334 g/mol. The average molecular weight is 349 g/mol. The molecule has 0 bridgehead atoms. The number of fused-ring (bicyclic) bond motifs is 1. The fraction of sp³-hybridized carbons (Fsp3) is 0.167. The summed E-state index contributed by atoms with van der Waals surface area (Å²) in [7, 11) is 0. The molecular formula is C18H15N5O3. The molecule has 0 aliphatic carbocycles. The number of anilines is 1. The van der Waals surface area contributed by atoms with Crippen LogP contribution in [0.5, 0.6) is 0 Å². The zero-order valence-electron chi connectivity index (χ0n) is 13.9. The van der Waals surface area contributed by atoms with Crippen LogP contribution in [0.4, 0.5) is 5.82 Å². The number of benzene rings is 1. The Kier molecular flexibility index (Phi) is 3.72. The molecule has 26 heavy (non-hydrogen) atoms. The number of aromatic carboxylic acids is 1. The summed E-state index contributed by atoms with van der Waals surface area (Å²) >= 11 is 0. The zero-order chi connectivity index (χ0) is 18.3. The summed E-state index contributed by atoms with van der Waals surface area (Å²) in [6.45, 7) is 1.87. The van der Waals surface area contributed by atoms with Crippen LogP contribution in [0.1, 0.15) is 39.5 Å². The lowest BCUT2D eigenvalue weighted by Crippen LogP contribution is -2.25. The van der Waals surface area contributed by atoms with Gasteiger partial charge in [0.15, 0.2) is 0 Å². The van der Waals surface area contributed by atoms with E-state index in [1.54, 1.807) is 42.7 Å². The lowest BCUT2D eigenvalue weighted by molar-refractivity contribution is -0.116. The van der Waals surface area contributed by atoms with Crippen LogP contribution in [-0.2, 0) is 4.79 Å². The lowest BCUT2D eigenvalue weighted by Gasteiger charge is -2.24. The van der Waals surface area contributed by atoms with Crippen molar-refractivity contribution >= 4 is 17.7 Å². The van der Waals surface area contributed by atoms with Crippen LogP contribution in [0.25, 0.3) is 5.95 Å². The van der Waals surface area contributed by atoms with E-state index in [2.05, 4.69) is 20.4 Å². The van der Waals surface area contributed by atoms with Crippen LogP contribution in [0, 0.1) is 6.92 Å². The summed E-state index contributed by atoms with van der Waals surface area (Å²) in [5.74, 6) is -0.402. The number of rotatable bonds is 3. The van der Waals surface area contributed by atoms with Gasteiger partial charge in [-0.15, -0.1) is 0 Å². The average Bonchev–Trinajstić information content (AvgIpc) is 2.98. The number of carbonyl (C=O) groups excluding carboxylic acids is 1. The van der Waals surface area contributed by atoms with Gasteiger partial charge in [-0.3, -0.25) is 4.79 Å². The second-order valence-electron chi connectivity index (χ2n) is 6.04. The number of aryl methyl sites for hydroxylation is 1. The number of carboxylic acid groups (broad SMARTS) is 1. The van der Waals surface area contributed by atoms with E-state index in [9.17, 15) is 9.59 Å². The first-order valence-corrected chi connectivity index (χ1v) is 8.04. The molecule has 0 saturated heterocycles. The van der Waals surface area contributed by atoms with E-state index in [0.717, 1.165) is 16.8 Å². The molecule has 1 amide bonds. The molecule has 1 aliphatic heterocycles. The van der Waals surface area contributed by atoms with Crippen LogP contribution >= 0.6 is 0 Å². The number of carbonyl (C=O) groups is 2. The highest BCUT2D eigenvalue weighted by atomic mass is 16.4. The van der Waals surface area contributed by atoms with Gasteiger partial charge in [0.05, 0.1) is 11.3 Å². The van der Waals surface area contributed by atoms with Crippen molar-refractivity contribution < 1.29 is 14.7 Å². The Hall–Kier alpha value is -3.55. The summed E-state index contributed by atoms with van der Waals surface area (Å²) in [6.07, 6.45) is 3.48. The molecule has 1 aliphatic rings. The molecule has 0 radical (unpaired) electrons. The Balaban J connectivity index is 1.82. The third-order valence-electron chi connectivity index (χ3n) is 4.40. The van der Waals surface area contributed by atoms with E-state index in [1.165, 1.54) is 4.68 Å². The predicted molar refractivity (Wildman–Crippen MR) is 92.4 cm³/mol. The number of aromatic nitrogens is 4. The molecule has 4 rings (SSSR count). The number of hydrogen-bond donors (Lipinski definition) is 2. The van der Waals surface area contributed by atoms with Crippen molar-refractivity contribution in [3.8, 4) is 5.95 Å². The second-order valence-corrected chi connectivity index (χ2v) is 6.04. The Morgan fingerprint density at radius 3 is 2.58 bits per heavy atom. The fourth-order valence-electron chi connectivity index (χ4n) is 3.24. The maximum absolute atomic E-state index is 12.3. The van der Waals surface area contributed by atoms with Gasteiger partial charge in [0.1, 0.15) is 5.82 Å². The first kappa shape index (κ1) is 15.9. The van der Waals surface area contributed by atoms with Gasteiger partial charge in [0.25, 0.3) is 5.95 Å². The van der Waals surface area contributed by atoms with Gasteiger partial charge in [0, 0.05) is 30.3 Å². The third kappa shape index (κ3) is 2.61. The number of carboxylic acids is 1. The standard InChI is InChI=1S/C18H15N5O3/c1-10-15-13(11-3-5-12(6-4-11)17(25)26)9-14(24)21-16(15)23(22-10)18-19-7-2-8-20-18/h2-8,13H,9H2,1H3,(H,21,24)(H,25,26)/t13-/m1/s1. The highest BCUT2D eigenvalue weighted by Gasteiger charge is 2.33. The van der Waals surface area contributed by atoms with Gasteiger partial charge < -0.3 is 10.4 Å². The normalized spacial score (nSPS) is 16.0. The predicted octanol–water partition coefficient (Wildman–Crippen LogP) is 2.14. The van der Waals surface area contributed by atoms with E-state index < -0.39 is 5.97 Å². The summed E-state index contributed by atoms with van der Waals surface area (Å²) in [6, 6.07) is 8.28. The van der Waals surface area contributed by atoms with Gasteiger partial charge in [0.2, 0.25) is 5.91 Å². The molecule has 3 aromatic rings. The molecule has 1 atom stereocenters. The number of amides is 1. The van der Waals surface area contributed by atoms with Crippen molar-refractivity contribution in [1.29, 1.82) is 0 Å². The molecule has 3 heterocycles. The van der Waals surface area contributed by atoms with Gasteiger partial charge in [-0.1, -0.05) is 12.1 Å². The minimum atomic E-state index is -0.983. The highest BCUT2D eigenvalue weighted by molar-refractivity contribution is 5.95. The third-order valence-corrected chi connectivity index (χ3v) is 4.40. The Bertz CT molecular complexity index is 996. The van der Waals surface area contributed by atoms with Gasteiger partial charge in [-0.2, -0.15) is 9.78 Å². The maximum atomic E-state index is 12.3. The number of nitrogens with zero attached hydrogens (tertiary/aromatic N) is 4. The van der Waals surface area contributed by atoms with Crippen molar-refractivity contribution in [2.75, 3.05) is 5.32 Å². The van der Waals surface area contributed by atoms with Crippen LogP contribution in [0.2, 0.25) is 0 Å². The monoisotopic (exact) mass is 349 g/mol. The second kappa shape index (κ2) is 6.07. The Labute approximate surface area is 148 Å². The quantitative estimate of drug-likeness (QED) is 0.750. The molecule has 0 spiro atoms. The Morgan fingerprint density at radius 1 is 1.23 bits per heavy atom. The molecule has 130 valence electrons. The SMILES string of the molecule is Cc1nn(-c2ncccn2)c2c1[C@@H](c1ccc(C(=O)O)cc1)CC(=O)N2. The molecule has 8 heteroatoms. The van der Waals surface area contributed by atoms with Crippen LogP contribution < -0.4 is 5.32 Å². The van der Waals surface area contributed by atoms with E-state index in [0.29, 0.717) is 11.8 Å². The van der Waals surface area contributed by atoms with Gasteiger partial charge >= 0.3 is 5.97 Å². The Morgan fingerprint density at radius 2 is 1.92 bits per heavy atom. The van der Waals surface area contributed by atoms with Crippen molar-refractivity contribution in [2.24, 2.45) is 0 Å². The maximum Gasteiger partial charge on any atom is 0.335 e. The van der Waals surface area contributed by atoms with E-state index >= 15 is 0 Å². The minimum Gasteiger partial charge on any atom is -0.478 e. The van der Waals surface area contributed by atoms with Crippen molar-refractivity contribution in [2.45, 2.75) is 19.3 Å². The summed E-state index contributed by atoms with van der Waals surface area (Å²) < 4.78 is 1.53. The van der Waals surface area contributed by atoms with Gasteiger partial charge in [-0.25, -0.2) is 14.8 Å². The number of hydrogen-bond acceptors (Lipinski definition) is 5. The topological polar surface area (TPSA) is 110 Å². The molecule has 0 unspecified atom stereocenters. The van der Waals surface area contributed by atoms with Crippen LogP contribution in [0.15, 0.2) is 42.7 Å². The molecule has 2 aromatic heterocycles. The largest absolute Gasteiger partial charge is 0.478 e. The molecule has 0 fully saturated rings. The molecule has 1 aromatic carbocycles. The molecule has 2 N–H and O–H groups in total. The van der Waals surface area contributed by atoms with Crippen molar-refractivity contribution in [1.82, 2.24) is 19.7 Å². The summed E-state index contributed by atoms with van der Waals surface area (Å²) in [5.41, 5.74) is 2.72. The van der Waals surface area contributed by atoms with Crippen molar-refractivity contribution in [3.63, 3.8) is 0 Å². The summed E-state index contributed by atoms with van der Waals surface area (Å²) in [4.78, 5) is 31.7. The minimum absolute atomic E-state index is 0.137. The highest BCUT2D eigenvalue weighted by Crippen LogP contribution is 2.39. The van der Waals surface area contributed by atoms with Gasteiger partial charge in [-0.05, 0) is 30.7 Å². The molecule has 0 saturated carbocycles. The zero-order valence-corrected chi connectivity index (χ0v) is 13.9. The van der Waals surface area contributed by atoms with E-state index in [-0.39, 0.29) is 23.8 Å². The van der Waals surface area contributed by atoms with Crippen LogP contribution in [-0.4, -0.2) is 36.7 Å². The summed E-state index contributed by atoms with van der Waals surface area (Å²) in [5, 5.41) is 16.4. The first-order valence-electron chi connectivity index (χ1n) is 8.04. The fourth-order valence-corrected chi connectivity index (χ4v) is 3.24. The molecule has 8 nitrogen and oxygen atoms in total.